The summed E-state index contributed by atoms with van der Waals surface area (Å²) in [6, 6.07) is 9.65. The van der Waals surface area contributed by atoms with Crippen LogP contribution in [0.15, 0.2) is 46.0 Å². The molecule has 0 aliphatic carbocycles. The smallest absolute Gasteiger partial charge is 0.195 e. The number of likely N-dealkylation sites (N-methyl/N-ethyl adjacent to an activating group) is 1. The molecule has 31 heavy (non-hydrogen) atoms. The monoisotopic (exact) mass is 430 g/mol. The first-order chi connectivity index (χ1) is 15.2. The van der Waals surface area contributed by atoms with E-state index in [0.717, 1.165) is 61.4 Å². The molecule has 1 aromatic carbocycles. The lowest BCUT2D eigenvalue weighted by Gasteiger charge is -2.17. The van der Waals surface area contributed by atoms with Crippen LogP contribution in [-0.2, 0) is 11.3 Å². The lowest BCUT2D eigenvalue weighted by Crippen LogP contribution is -2.37. The molecule has 0 fully saturated rings. The third-order valence-corrected chi connectivity index (χ3v) is 4.88. The van der Waals surface area contributed by atoms with Gasteiger partial charge in [0.1, 0.15) is 12.4 Å². The molecule has 0 bridgehead atoms. The van der Waals surface area contributed by atoms with E-state index in [2.05, 4.69) is 29.5 Å². The highest BCUT2D eigenvalue weighted by Crippen LogP contribution is 2.32. The van der Waals surface area contributed by atoms with Crippen molar-refractivity contribution in [2.45, 2.75) is 26.4 Å². The Balaban J connectivity index is 1.52. The SMILES string of the molecule is CCN(C)CCNC(=NCCCOCc1ccco1)Nc1ccc2c(c1)OCCCO2. The summed E-state index contributed by atoms with van der Waals surface area (Å²) in [6.45, 7) is 8.01. The maximum Gasteiger partial charge on any atom is 0.195 e. The zero-order valence-electron chi connectivity index (χ0n) is 18.6. The second-order valence-corrected chi connectivity index (χ2v) is 7.38. The van der Waals surface area contributed by atoms with Crippen LogP contribution in [0.1, 0.15) is 25.5 Å². The molecule has 8 heteroatoms. The second-order valence-electron chi connectivity index (χ2n) is 7.38. The van der Waals surface area contributed by atoms with E-state index in [1.165, 1.54) is 0 Å². The van der Waals surface area contributed by atoms with Crippen molar-refractivity contribution in [3.05, 3.63) is 42.4 Å². The minimum atomic E-state index is 0.487. The summed E-state index contributed by atoms with van der Waals surface area (Å²) in [5.41, 5.74) is 0.911. The van der Waals surface area contributed by atoms with Gasteiger partial charge in [0.05, 0.1) is 19.5 Å². The highest BCUT2D eigenvalue weighted by molar-refractivity contribution is 5.94. The lowest BCUT2D eigenvalue weighted by atomic mass is 10.2. The summed E-state index contributed by atoms with van der Waals surface area (Å²) >= 11 is 0. The Morgan fingerprint density at radius 2 is 2.06 bits per heavy atom. The summed E-state index contributed by atoms with van der Waals surface area (Å²) in [6.07, 6.45) is 3.37. The Morgan fingerprint density at radius 3 is 2.87 bits per heavy atom. The number of aliphatic imine (C=N–C) groups is 1. The average Bonchev–Trinajstić information content (AvgIpc) is 3.19. The summed E-state index contributed by atoms with van der Waals surface area (Å²) < 4.78 is 22.4. The molecular weight excluding hydrogens is 396 g/mol. The third-order valence-electron chi connectivity index (χ3n) is 4.88. The molecule has 0 atom stereocenters. The predicted molar refractivity (Wildman–Crippen MR) is 122 cm³/mol. The van der Waals surface area contributed by atoms with Gasteiger partial charge in [-0.3, -0.25) is 4.99 Å². The Hall–Kier alpha value is -2.71. The molecule has 170 valence electrons. The van der Waals surface area contributed by atoms with Gasteiger partial charge in [-0.15, -0.1) is 0 Å². The fraction of sp³-hybridized carbons (Fsp3) is 0.522. The third kappa shape index (κ3) is 8.15. The summed E-state index contributed by atoms with van der Waals surface area (Å²) in [5.74, 6) is 3.12. The van der Waals surface area contributed by atoms with Crippen molar-refractivity contribution in [3.63, 3.8) is 0 Å². The number of anilines is 1. The van der Waals surface area contributed by atoms with Crippen molar-refractivity contribution in [3.8, 4) is 11.5 Å². The zero-order chi connectivity index (χ0) is 21.7. The van der Waals surface area contributed by atoms with Gasteiger partial charge in [0.25, 0.3) is 0 Å². The van der Waals surface area contributed by atoms with Crippen LogP contribution < -0.4 is 20.1 Å². The van der Waals surface area contributed by atoms with Gasteiger partial charge in [0.15, 0.2) is 17.5 Å². The second kappa shape index (κ2) is 12.9. The quantitative estimate of drug-likeness (QED) is 0.321. The Kier molecular flexibility index (Phi) is 9.53. The number of hydrogen-bond acceptors (Lipinski definition) is 6. The lowest BCUT2D eigenvalue weighted by molar-refractivity contribution is 0.105. The molecule has 1 aliphatic heterocycles. The van der Waals surface area contributed by atoms with Crippen LogP contribution in [0.5, 0.6) is 11.5 Å². The molecule has 0 radical (unpaired) electrons. The Labute approximate surface area is 184 Å². The molecule has 2 aromatic rings. The van der Waals surface area contributed by atoms with E-state index < -0.39 is 0 Å². The van der Waals surface area contributed by atoms with Gasteiger partial charge in [-0.25, -0.2) is 0 Å². The van der Waals surface area contributed by atoms with Crippen molar-refractivity contribution in [1.82, 2.24) is 10.2 Å². The molecule has 3 rings (SSSR count). The summed E-state index contributed by atoms with van der Waals surface area (Å²) in [7, 11) is 2.10. The van der Waals surface area contributed by atoms with Gasteiger partial charge in [0, 0.05) is 44.4 Å². The standard InChI is InChI=1S/C23H34N4O4/c1-3-27(2)12-11-25-23(24-10-5-13-28-18-20-7-4-14-29-20)26-19-8-9-21-22(17-19)31-16-6-15-30-21/h4,7-9,14,17H,3,5-6,10-13,15-16,18H2,1-2H3,(H2,24,25,26). The number of fused-ring (bicyclic) bond motifs is 1. The van der Waals surface area contributed by atoms with Crippen LogP contribution in [0.25, 0.3) is 0 Å². The van der Waals surface area contributed by atoms with Crippen molar-refractivity contribution < 1.29 is 18.6 Å². The van der Waals surface area contributed by atoms with E-state index in [0.29, 0.717) is 33.0 Å². The largest absolute Gasteiger partial charge is 0.490 e. The number of furan rings is 1. The topological polar surface area (TPSA) is 80.5 Å². The van der Waals surface area contributed by atoms with Crippen LogP contribution >= 0.6 is 0 Å². The Bertz CT molecular complexity index is 795. The van der Waals surface area contributed by atoms with Crippen molar-refractivity contribution in [2.24, 2.45) is 4.99 Å². The first-order valence-corrected chi connectivity index (χ1v) is 11.0. The van der Waals surface area contributed by atoms with Crippen LogP contribution in [0, 0.1) is 0 Å². The summed E-state index contributed by atoms with van der Waals surface area (Å²) in [4.78, 5) is 6.96. The van der Waals surface area contributed by atoms with E-state index in [1.54, 1.807) is 6.26 Å². The van der Waals surface area contributed by atoms with Crippen LogP contribution in [0.4, 0.5) is 5.69 Å². The highest BCUT2D eigenvalue weighted by Gasteiger charge is 2.11. The number of hydrogen-bond donors (Lipinski definition) is 2. The van der Waals surface area contributed by atoms with Crippen molar-refractivity contribution in [2.75, 3.05) is 58.4 Å². The minimum absolute atomic E-state index is 0.487. The molecule has 1 aromatic heterocycles. The Morgan fingerprint density at radius 1 is 1.19 bits per heavy atom. The summed E-state index contributed by atoms with van der Waals surface area (Å²) in [5, 5.41) is 6.79. The van der Waals surface area contributed by atoms with Crippen LogP contribution in [-0.4, -0.2) is 63.9 Å². The number of benzene rings is 1. The van der Waals surface area contributed by atoms with Crippen LogP contribution in [0.3, 0.4) is 0 Å². The van der Waals surface area contributed by atoms with Gasteiger partial charge in [-0.1, -0.05) is 6.92 Å². The number of guanidine groups is 1. The number of rotatable bonds is 11. The molecule has 2 heterocycles. The minimum Gasteiger partial charge on any atom is -0.490 e. The molecule has 0 amide bonds. The first-order valence-electron chi connectivity index (χ1n) is 11.0. The van der Waals surface area contributed by atoms with E-state index in [9.17, 15) is 0 Å². The maximum atomic E-state index is 5.80. The fourth-order valence-electron chi connectivity index (χ4n) is 2.97. The van der Waals surface area contributed by atoms with E-state index in [1.807, 2.05) is 30.3 Å². The van der Waals surface area contributed by atoms with Gasteiger partial charge in [-0.05, 0) is 44.3 Å². The molecule has 1 aliphatic rings. The molecule has 0 saturated carbocycles. The fourth-order valence-corrected chi connectivity index (χ4v) is 2.97. The molecule has 0 spiro atoms. The first kappa shape index (κ1) is 23.0. The molecule has 0 unspecified atom stereocenters. The number of nitrogens with one attached hydrogen (secondary N) is 2. The zero-order valence-corrected chi connectivity index (χ0v) is 18.6. The van der Waals surface area contributed by atoms with Gasteiger partial charge < -0.3 is 34.2 Å². The van der Waals surface area contributed by atoms with E-state index in [4.69, 9.17) is 23.6 Å². The van der Waals surface area contributed by atoms with E-state index in [-0.39, 0.29) is 0 Å². The maximum absolute atomic E-state index is 5.80. The van der Waals surface area contributed by atoms with Gasteiger partial charge in [-0.2, -0.15) is 0 Å². The normalized spacial score (nSPS) is 13.8. The molecular formula is C23H34N4O4. The average molecular weight is 431 g/mol. The van der Waals surface area contributed by atoms with Gasteiger partial charge >= 0.3 is 0 Å². The number of nitrogens with zero attached hydrogens (tertiary/aromatic N) is 2. The highest BCUT2D eigenvalue weighted by atomic mass is 16.5. The molecule has 0 saturated heterocycles. The van der Waals surface area contributed by atoms with E-state index >= 15 is 0 Å². The predicted octanol–water partition coefficient (Wildman–Crippen LogP) is 3.36. The molecule has 2 N–H and O–H groups in total. The molecule has 8 nitrogen and oxygen atoms in total. The van der Waals surface area contributed by atoms with Crippen molar-refractivity contribution >= 4 is 11.6 Å². The number of ether oxygens (including phenoxy) is 3. The van der Waals surface area contributed by atoms with Crippen LogP contribution in [0.2, 0.25) is 0 Å². The van der Waals surface area contributed by atoms with Crippen molar-refractivity contribution in [1.29, 1.82) is 0 Å². The van der Waals surface area contributed by atoms with Gasteiger partial charge in [0.2, 0.25) is 0 Å².